The minimum absolute atomic E-state index is 0.112. The molecule has 1 aliphatic heterocycles. The number of carbonyl (C=O) groups is 1. The van der Waals surface area contributed by atoms with E-state index in [4.69, 9.17) is 0 Å². The van der Waals surface area contributed by atoms with E-state index in [2.05, 4.69) is 36.5 Å². The van der Waals surface area contributed by atoms with Crippen LogP contribution in [0.1, 0.15) is 43.6 Å². The number of nitrogens with one attached hydrogen (secondary N) is 2. The van der Waals surface area contributed by atoms with Gasteiger partial charge >= 0.3 is 0 Å². The van der Waals surface area contributed by atoms with Gasteiger partial charge in [0.1, 0.15) is 0 Å². The van der Waals surface area contributed by atoms with Crippen molar-refractivity contribution in [3.63, 3.8) is 0 Å². The fourth-order valence-electron chi connectivity index (χ4n) is 3.09. The van der Waals surface area contributed by atoms with Crippen molar-refractivity contribution in [1.82, 2.24) is 20.4 Å². The zero-order valence-electron chi connectivity index (χ0n) is 14.4. The van der Waals surface area contributed by atoms with Crippen molar-refractivity contribution in [3.8, 4) is 0 Å². The highest BCUT2D eigenvalue weighted by Gasteiger charge is 2.17. The molecule has 2 N–H and O–H groups in total. The van der Waals surface area contributed by atoms with E-state index < -0.39 is 0 Å². The highest BCUT2D eigenvalue weighted by Crippen LogP contribution is 2.15. The first kappa shape index (κ1) is 17.0. The standard InChI is InChI=1S/C17H30N4O/c1-12(2)11-21-14(4)16(13(3)20-21)8-17(22)19-10-15-6-5-7-18-9-15/h12,15,18H,5-11H2,1-4H3,(H,19,22). The highest BCUT2D eigenvalue weighted by molar-refractivity contribution is 5.79. The molecule has 1 fully saturated rings. The predicted molar refractivity (Wildman–Crippen MR) is 88.8 cm³/mol. The van der Waals surface area contributed by atoms with Gasteiger partial charge in [-0.3, -0.25) is 9.48 Å². The Labute approximate surface area is 133 Å². The van der Waals surface area contributed by atoms with Crippen LogP contribution in [0, 0.1) is 25.7 Å². The van der Waals surface area contributed by atoms with Crippen molar-refractivity contribution < 1.29 is 4.79 Å². The summed E-state index contributed by atoms with van der Waals surface area (Å²) < 4.78 is 2.04. The van der Waals surface area contributed by atoms with Crippen LogP contribution in [-0.4, -0.2) is 35.3 Å². The van der Waals surface area contributed by atoms with Crippen LogP contribution in [0.2, 0.25) is 0 Å². The number of nitrogens with zero attached hydrogens (tertiary/aromatic N) is 2. The average molecular weight is 306 g/mol. The first-order chi connectivity index (χ1) is 10.5. The normalized spacial score (nSPS) is 18.7. The van der Waals surface area contributed by atoms with E-state index in [-0.39, 0.29) is 5.91 Å². The van der Waals surface area contributed by atoms with Gasteiger partial charge in [-0.15, -0.1) is 0 Å². The van der Waals surface area contributed by atoms with Gasteiger partial charge in [-0.1, -0.05) is 13.8 Å². The third-order valence-electron chi connectivity index (χ3n) is 4.39. The molecule has 0 aromatic carbocycles. The first-order valence-corrected chi connectivity index (χ1v) is 8.47. The van der Waals surface area contributed by atoms with Crippen LogP contribution in [0.3, 0.4) is 0 Å². The predicted octanol–water partition coefficient (Wildman–Crippen LogP) is 1.81. The number of amides is 1. The molecule has 0 saturated carbocycles. The molecule has 1 aromatic rings. The van der Waals surface area contributed by atoms with Gasteiger partial charge in [0.25, 0.3) is 0 Å². The molecule has 0 aliphatic carbocycles. The molecule has 0 bridgehead atoms. The third-order valence-corrected chi connectivity index (χ3v) is 4.39. The number of hydrogen-bond donors (Lipinski definition) is 2. The number of aromatic nitrogens is 2. The summed E-state index contributed by atoms with van der Waals surface area (Å²) in [5.41, 5.74) is 3.19. The molecule has 1 saturated heterocycles. The zero-order chi connectivity index (χ0) is 16.1. The van der Waals surface area contributed by atoms with Gasteiger partial charge in [0, 0.05) is 24.3 Å². The Morgan fingerprint density at radius 3 is 2.86 bits per heavy atom. The van der Waals surface area contributed by atoms with Crippen LogP contribution in [0.5, 0.6) is 0 Å². The van der Waals surface area contributed by atoms with E-state index in [1.807, 2.05) is 11.6 Å². The lowest BCUT2D eigenvalue weighted by atomic mass is 9.99. The van der Waals surface area contributed by atoms with Crippen molar-refractivity contribution in [2.24, 2.45) is 11.8 Å². The molecule has 2 heterocycles. The maximum atomic E-state index is 12.2. The van der Waals surface area contributed by atoms with Gasteiger partial charge in [0.05, 0.1) is 12.1 Å². The van der Waals surface area contributed by atoms with Crippen molar-refractivity contribution in [3.05, 3.63) is 17.0 Å². The van der Waals surface area contributed by atoms with Crippen LogP contribution in [-0.2, 0) is 17.8 Å². The number of hydrogen-bond acceptors (Lipinski definition) is 3. The second-order valence-corrected chi connectivity index (χ2v) is 6.92. The molecular weight excluding hydrogens is 276 g/mol. The van der Waals surface area contributed by atoms with E-state index >= 15 is 0 Å². The van der Waals surface area contributed by atoms with Gasteiger partial charge in [-0.2, -0.15) is 5.10 Å². The summed E-state index contributed by atoms with van der Waals surface area (Å²) >= 11 is 0. The lowest BCUT2D eigenvalue weighted by Gasteiger charge is -2.22. The van der Waals surface area contributed by atoms with Gasteiger partial charge in [-0.05, 0) is 51.6 Å². The van der Waals surface area contributed by atoms with E-state index in [1.54, 1.807) is 0 Å². The molecule has 22 heavy (non-hydrogen) atoms. The maximum absolute atomic E-state index is 12.2. The average Bonchev–Trinajstić information content (AvgIpc) is 2.73. The summed E-state index contributed by atoms with van der Waals surface area (Å²) in [6, 6.07) is 0. The molecule has 1 aliphatic rings. The summed E-state index contributed by atoms with van der Waals surface area (Å²) in [6.07, 6.45) is 2.86. The second kappa shape index (κ2) is 7.77. The molecule has 1 amide bonds. The first-order valence-electron chi connectivity index (χ1n) is 8.47. The van der Waals surface area contributed by atoms with E-state index in [1.165, 1.54) is 12.8 Å². The van der Waals surface area contributed by atoms with E-state index in [0.717, 1.165) is 43.1 Å². The Morgan fingerprint density at radius 2 is 2.23 bits per heavy atom. The van der Waals surface area contributed by atoms with Gasteiger partial charge in [0.2, 0.25) is 5.91 Å². The molecule has 1 aromatic heterocycles. The highest BCUT2D eigenvalue weighted by atomic mass is 16.1. The minimum atomic E-state index is 0.112. The quantitative estimate of drug-likeness (QED) is 0.843. The van der Waals surface area contributed by atoms with Gasteiger partial charge in [0.15, 0.2) is 0 Å². The second-order valence-electron chi connectivity index (χ2n) is 6.92. The monoisotopic (exact) mass is 306 g/mol. The largest absolute Gasteiger partial charge is 0.355 e. The summed E-state index contributed by atoms with van der Waals surface area (Å²) in [4.78, 5) is 12.2. The molecule has 5 heteroatoms. The molecule has 5 nitrogen and oxygen atoms in total. The number of piperidine rings is 1. The van der Waals surface area contributed by atoms with Crippen molar-refractivity contribution in [1.29, 1.82) is 0 Å². The Kier molecular flexibility index (Phi) is 6.00. The molecule has 1 unspecified atom stereocenters. The number of rotatable bonds is 6. The fourth-order valence-corrected chi connectivity index (χ4v) is 3.09. The minimum Gasteiger partial charge on any atom is -0.355 e. The van der Waals surface area contributed by atoms with Gasteiger partial charge < -0.3 is 10.6 Å². The maximum Gasteiger partial charge on any atom is 0.224 e. The van der Waals surface area contributed by atoms with Crippen LogP contribution in [0.25, 0.3) is 0 Å². The zero-order valence-corrected chi connectivity index (χ0v) is 14.4. The fraction of sp³-hybridized carbons (Fsp3) is 0.765. The molecule has 2 rings (SSSR count). The molecule has 124 valence electrons. The van der Waals surface area contributed by atoms with Crippen molar-refractivity contribution in [2.45, 2.75) is 53.5 Å². The summed E-state index contributed by atoms with van der Waals surface area (Å²) in [6.45, 7) is 12.2. The van der Waals surface area contributed by atoms with Crippen molar-refractivity contribution in [2.75, 3.05) is 19.6 Å². The topological polar surface area (TPSA) is 59.0 Å². The summed E-state index contributed by atoms with van der Waals surface area (Å²) in [5, 5.41) is 11.1. The van der Waals surface area contributed by atoms with Crippen LogP contribution in [0.15, 0.2) is 0 Å². The lowest BCUT2D eigenvalue weighted by Crippen LogP contribution is -2.38. The molecule has 0 radical (unpaired) electrons. The summed E-state index contributed by atoms with van der Waals surface area (Å²) in [7, 11) is 0. The van der Waals surface area contributed by atoms with Crippen LogP contribution >= 0.6 is 0 Å². The van der Waals surface area contributed by atoms with Crippen LogP contribution < -0.4 is 10.6 Å². The Balaban J connectivity index is 1.89. The SMILES string of the molecule is Cc1nn(CC(C)C)c(C)c1CC(=O)NCC1CCCNC1. The Morgan fingerprint density at radius 1 is 1.45 bits per heavy atom. The van der Waals surface area contributed by atoms with E-state index in [0.29, 0.717) is 18.3 Å². The number of aryl methyl sites for hydroxylation is 1. The molecule has 1 atom stereocenters. The Hall–Kier alpha value is -1.36. The van der Waals surface area contributed by atoms with Crippen molar-refractivity contribution >= 4 is 5.91 Å². The lowest BCUT2D eigenvalue weighted by molar-refractivity contribution is -0.120. The molecule has 0 spiro atoms. The third kappa shape index (κ3) is 4.57. The van der Waals surface area contributed by atoms with E-state index in [9.17, 15) is 4.79 Å². The Bertz CT molecular complexity index is 501. The van der Waals surface area contributed by atoms with Gasteiger partial charge in [-0.25, -0.2) is 0 Å². The summed E-state index contributed by atoms with van der Waals surface area (Å²) in [5.74, 6) is 1.24. The smallest absolute Gasteiger partial charge is 0.224 e. The number of carbonyl (C=O) groups excluding carboxylic acids is 1. The van der Waals surface area contributed by atoms with Crippen LogP contribution in [0.4, 0.5) is 0 Å². The molecular formula is C17H30N4O.